The summed E-state index contributed by atoms with van der Waals surface area (Å²) in [5.41, 5.74) is 9.71. The number of hydrogen-bond acceptors (Lipinski definition) is 4. The first-order chi connectivity index (χ1) is 24.9. The third-order valence-corrected chi connectivity index (χ3v) is 8.70. The van der Waals surface area contributed by atoms with E-state index in [1.54, 1.807) is 0 Å². The highest BCUT2D eigenvalue weighted by molar-refractivity contribution is 6.71. The molecule has 6 aromatic rings. The van der Waals surface area contributed by atoms with Gasteiger partial charge in [-0.15, -0.1) is 0 Å². The molecule has 0 atom stereocenters. The summed E-state index contributed by atoms with van der Waals surface area (Å²) >= 11 is 0. The third-order valence-electron chi connectivity index (χ3n) is 8.70. The second kappa shape index (κ2) is 18.3. The first-order valence-electron chi connectivity index (χ1n) is 17.3. The number of hydrogen-bond donors (Lipinski definition) is 2. The van der Waals surface area contributed by atoms with Gasteiger partial charge in [-0.05, 0) is 55.5 Å². The fourth-order valence-corrected chi connectivity index (χ4v) is 6.29. The maximum atomic E-state index is 10.1. The molecule has 0 aliphatic carbocycles. The highest BCUT2D eigenvalue weighted by Gasteiger charge is 2.37. The van der Waals surface area contributed by atoms with Crippen LogP contribution in [0.3, 0.4) is 0 Å². The molecule has 52 heavy (non-hydrogen) atoms. The van der Waals surface area contributed by atoms with Gasteiger partial charge in [0.05, 0.1) is 0 Å². The van der Waals surface area contributed by atoms with Gasteiger partial charge >= 0.3 is 14.2 Å². The van der Waals surface area contributed by atoms with Gasteiger partial charge in [0.1, 0.15) is 0 Å². The van der Waals surface area contributed by atoms with Crippen molar-refractivity contribution >= 4 is 36.3 Å². The molecule has 0 amide bonds. The molecule has 7 rings (SSSR count). The molecule has 1 fully saturated rings. The van der Waals surface area contributed by atoms with Crippen LogP contribution < -0.4 is 0 Å². The molecule has 0 unspecified atom stereocenters. The van der Waals surface area contributed by atoms with Crippen molar-refractivity contribution in [3.05, 3.63) is 215 Å². The Labute approximate surface area is 308 Å². The van der Waals surface area contributed by atoms with Crippen molar-refractivity contribution in [2.24, 2.45) is 5.41 Å². The van der Waals surface area contributed by atoms with Crippen LogP contribution in [0.1, 0.15) is 47.2 Å². The van der Waals surface area contributed by atoms with E-state index in [4.69, 9.17) is 9.31 Å². The zero-order valence-electron chi connectivity index (χ0n) is 29.6. The first-order valence-corrected chi connectivity index (χ1v) is 17.3. The Morgan fingerprint density at radius 2 is 0.750 bits per heavy atom. The van der Waals surface area contributed by atoms with Gasteiger partial charge < -0.3 is 24.8 Å². The molecule has 5 nitrogen and oxygen atoms in total. The van der Waals surface area contributed by atoms with Gasteiger partial charge in [-0.2, -0.15) is 0 Å². The zero-order chi connectivity index (χ0) is 35.5. The topological polar surface area (TPSA) is 90.4 Å². The molecule has 260 valence electrons. The minimum atomic E-state index is -1.56. The molecule has 1 aliphatic heterocycles. The molecular weight excluding hydrogens is 642 g/mol. The lowest BCUT2D eigenvalue weighted by molar-refractivity contribution is 0.0349. The quantitative estimate of drug-likeness (QED) is 0.124. The van der Waals surface area contributed by atoms with Crippen molar-refractivity contribution in [1.29, 1.82) is 0 Å². The molecule has 0 spiro atoms. The average Bonchev–Trinajstić information content (AvgIpc) is 3.18. The number of benzene rings is 6. The molecule has 1 aliphatic rings. The highest BCUT2D eigenvalue weighted by atomic mass is 16.6. The molecule has 0 radical (unpaired) electrons. The van der Waals surface area contributed by atoms with Gasteiger partial charge in [0, 0.05) is 18.6 Å². The Morgan fingerprint density at radius 3 is 1.08 bits per heavy atom. The predicted octanol–water partition coefficient (Wildman–Crippen LogP) is 8.58. The minimum Gasteiger partial charge on any atom is -0.423 e. The van der Waals surface area contributed by atoms with Crippen molar-refractivity contribution in [1.82, 2.24) is 0 Å². The highest BCUT2D eigenvalue weighted by Crippen LogP contribution is 2.37. The van der Waals surface area contributed by atoms with Crippen molar-refractivity contribution < 1.29 is 24.8 Å². The van der Waals surface area contributed by atoms with E-state index in [0.717, 1.165) is 50.0 Å². The standard InChI is InChI=1S/C25H25BO2.C20H17BO2.H2O/c1-25(2)18-27-26(28-19-25)24(22-16-10-5-11-17-22)23(20-12-6-3-7-13-20)21-14-8-4-9-15-21;22-21(23)20(18-14-8-3-9-15-18)19(16-10-4-1-5-11-16)17-12-6-2-7-13-17;/h3-17H,18-19H2,1-2H3;1-15,22-23H;1H2. The number of rotatable bonds is 8. The summed E-state index contributed by atoms with van der Waals surface area (Å²) < 4.78 is 12.5. The Balaban J connectivity index is 0.000000201. The lowest BCUT2D eigenvalue weighted by Crippen LogP contribution is -2.41. The molecule has 0 aromatic heterocycles. The summed E-state index contributed by atoms with van der Waals surface area (Å²) in [4.78, 5) is 0. The monoisotopic (exact) mass is 686 g/mol. The Hall–Kier alpha value is -5.27. The van der Waals surface area contributed by atoms with Gasteiger partial charge in [-0.25, -0.2) is 0 Å². The largest absolute Gasteiger partial charge is 0.495 e. The van der Waals surface area contributed by atoms with Gasteiger partial charge in [-0.3, -0.25) is 0 Å². The van der Waals surface area contributed by atoms with Crippen LogP contribution in [0.15, 0.2) is 182 Å². The SMILES string of the molecule is CC1(C)COB(C(=C(c2ccccc2)c2ccccc2)c2ccccc2)OC1.O.OB(O)C(=C(c1ccccc1)c1ccccc1)c1ccccc1. The van der Waals surface area contributed by atoms with E-state index in [2.05, 4.69) is 86.6 Å². The molecule has 1 saturated heterocycles. The van der Waals surface area contributed by atoms with Crippen molar-refractivity contribution in [2.45, 2.75) is 13.8 Å². The second-order valence-electron chi connectivity index (χ2n) is 13.3. The Kier molecular flexibility index (Phi) is 13.4. The Bertz CT molecular complexity index is 1930. The fourth-order valence-electron chi connectivity index (χ4n) is 6.29. The van der Waals surface area contributed by atoms with Gasteiger partial charge in [0.2, 0.25) is 0 Å². The molecule has 1 heterocycles. The van der Waals surface area contributed by atoms with E-state index < -0.39 is 14.2 Å². The van der Waals surface area contributed by atoms with E-state index in [1.807, 2.05) is 109 Å². The average molecular weight is 686 g/mol. The van der Waals surface area contributed by atoms with Crippen molar-refractivity contribution in [2.75, 3.05) is 13.2 Å². The summed E-state index contributed by atoms with van der Waals surface area (Å²) in [5.74, 6) is 0. The smallest absolute Gasteiger partial charge is 0.423 e. The van der Waals surface area contributed by atoms with Crippen LogP contribution in [0.2, 0.25) is 0 Å². The van der Waals surface area contributed by atoms with Crippen LogP contribution in [0.5, 0.6) is 0 Å². The maximum Gasteiger partial charge on any atom is 0.495 e. The maximum absolute atomic E-state index is 10.1. The fraction of sp³-hybridized carbons (Fsp3) is 0.111. The van der Waals surface area contributed by atoms with E-state index in [9.17, 15) is 10.0 Å². The molecule has 6 aromatic carbocycles. The van der Waals surface area contributed by atoms with Crippen LogP contribution in [0, 0.1) is 5.41 Å². The molecule has 4 N–H and O–H groups in total. The van der Waals surface area contributed by atoms with E-state index in [1.165, 1.54) is 0 Å². The zero-order valence-corrected chi connectivity index (χ0v) is 29.6. The predicted molar refractivity (Wildman–Crippen MR) is 216 cm³/mol. The first kappa shape index (κ1) is 38.0. The molecule has 0 bridgehead atoms. The molecule has 0 saturated carbocycles. The van der Waals surface area contributed by atoms with E-state index >= 15 is 0 Å². The molecule has 7 heteroatoms. The molecular formula is C45H44B2O5. The summed E-state index contributed by atoms with van der Waals surface area (Å²) in [6.07, 6.45) is 0. The lowest BCUT2D eigenvalue weighted by Gasteiger charge is -2.34. The normalized spacial score (nSPS) is 13.0. The lowest BCUT2D eigenvalue weighted by atomic mass is 9.67. The summed E-state index contributed by atoms with van der Waals surface area (Å²) in [6, 6.07) is 60.5. The van der Waals surface area contributed by atoms with Crippen molar-refractivity contribution in [3.63, 3.8) is 0 Å². The summed E-state index contributed by atoms with van der Waals surface area (Å²) in [6.45, 7) is 5.69. The van der Waals surface area contributed by atoms with Crippen LogP contribution >= 0.6 is 0 Å². The van der Waals surface area contributed by atoms with Crippen molar-refractivity contribution in [3.8, 4) is 0 Å². The van der Waals surface area contributed by atoms with Crippen LogP contribution in [0.4, 0.5) is 0 Å². The van der Waals surface area contributed by atoms with Crippen LogP contribution in [-0.4, -0.2) is 43.0 Å². The van der Waals surface area contributed by atoms with Crippen LogP contribution in [-0.2, 0) is 9.31 Å². The third kappa shape index (κ3) is 9.53. The van der Waals surface area contributed by atoms with Gasteiger partial charge in [0.25, 0.3) is 0 Å². The second-order valence-corrected chi connectivity index (χ2v) is 13.3. The van der Waals surface area contributed by atoms with E-state index in [0.29, 0.717) is 18.7 Å². The van der Waals surface area contributed by atoms with Gasteiger partial charge in [-0.1, -0.05) is 196 Å². The van der Waals surface area contributed by atoms with Crippen LogP contribution in [0.25, 0.3) is 22.1 Å². The minimum absolute atomic E-state index is 0. The summed E-state index contributed by atoms with van der Waals surface area (Å²) in [5, 5.41) is 20.1. The summed E-state index contributed by atoms with van der Waals surface area (Å²) in [7, 11) is -1.96. The van der Waals surface area contributed by atoms with E-state index in [-0.39, 0.29) is 10.9 Å². The van der Waals surface area contributed by atoms with Gasteiger partial charge in [0.15, 0.2) is 0 Å². The Morgan fingerprint density at radius 1 is 0.462 bits per heavy atom.